The highest BCUT2D eigenvalue weighted by Crippen LogP contribution is 2.20. The van der Waals surface area contributed by atoms with E-state index < -0.39 is 8.80 Å². The molecule has 2 rings (SSSR count). The lowest BCUT2D eigenvalue weighted by atomic mass is 10.1. The van der Waals surface area contributed by atoms with Gasteiger partial charge in [-0.3, -0.25) is 0 Å². The van der Waals surface area contributed by atoms with Crippen molar-refractivity contribution in [1.29, 1.82) is 0 Å². The second kappa shape index (κ2) is 9.60. The summed E-state index contributed by atoms with van der Waals surface area (Å²) in [5.41, 5.74) is 3.10. The van der Waals surface area contributed by atoms with Gasteiger partial charge in [0.05, 0.1) is 15.4 Å². The number of rotatable bonds is 8. The summed E-state index contributed by atoms with van der Waals surface area (Å²) in [5, 5.41) is 1.63. The van der Waals surface area contributed by atoms with Gasteiger partial charge in [0.2, 0.25) is 0 Å². The molecule has 23 heavy (non-hydrogen) atoms. The van der Waals surface area contributed by atoms with Crippen LogP contribution in [0.2, 0.25) is 11.1 Å². The molecule has 1 aromatic rings. The van der Waals surface area contributed by atoms with E-state index in [2.05, 4.69) is 52.0 Å². The van der Waals surface area contributed by atoms with Crippen LogP contribution < -0.4 is 5.19 Å². The molecule has 1 aromatic carbocycles. The lowest BCUT2D eigenvalue weighted by molar-refractivity contribution is -0.162. The van der Waals surface area contributed by atoms with Crippen molar-refractivity contribution in [3.63, 3.8) is 0 Å². The Morgan fingerprint density at radius 2 is 1.96 bits per heavy atom. The zero-order valence-corrected chi connectivity index (χ0v) is 16.5. The van der Waals surface area contributed by atoms with Gasteiger partial charge in [-0.2, -0.15) is 0 Å². The van der Waals surface area contributed by atoms with Crippen LogP contribution in [-0.4, -0.2) is 28.3 Å². The average Bonchev–Trinajstić information content (AvgIpc) is 2.52. The molecular formula is C20H34O2Si. The minimum Gasteiger partial charge on any atom is -0.353 e. The van der Waals surface area contributed by atoms with E-state index in [1.807, 2.05) is 0 Å². The molecule has 130 valence electrons. The van der Waals surface area contributed by atoms with Gasteiger partial charge in [0.25, 0.3) is 0 Å². The maximum atomic E-state index is 5.85. The molecule has 0 amide bonds. The third kappa shape index (κ3) is 6.05. The summed E-state index contributed by atoms with van der Waals surface area (Å²) in [6.07, 6.45) is 5.73. The fourth-order valence-corrected chi connectivity index (χ4v) is 7.65. The van der Waals surface area contributed by atoms with Gasteiger partial charge in [-0.1, -0.05) is 57.1 Å². The highest BCUT2D eigenvalue weighted by Gasteiger charge is 2.21. The Morgan fingerprint density at radius 1 is 1.17 bits per heavy atom. The molecule has 0 aliphatic carbocycles. The Bertz CT molecular complexity index is 445. The van der Waals surface area contributed by atoms with Crippen LogP contribution in [0.3, 0.4) is 0 Å². The van der Waals surface area contributed by atoms with Crippen LogP contribution in [0, 0.1) is 0 Å². The molecule has 0 radical (unpaired) electrons. The Balaban J connectivity index is 1.82. The fourth-order valence-electron chi connectivity index (χ4n) is 3.83. The van der Waals surface area contributed by atoms with Crippen molar-refractivity contribution < 1.29 is 9.47 Å². The van der Waals surface area contributed by atoms with Gasteiger partial charge in [0.1, 0.15) is 0 Å². The van der Waals surface area contributed by atoms with Crippen LogP contribution in [-0.2, 0) is 15.9 Å². The molecule has 1 aliphatic heterocycles. The van der Waals surface area contributed by atoms with Gasteiger partial charge in [0, 0.05) is 6.61 Å². The lowest BCUT2D eigenvalue weighted by Crippen LogP contribution is -2.36. The van der Waals surface area contributed by atoms with Crippen LogP contribution in [0.25, 0.3) is 0 Å². The normalized spacial score (nSPS) is 19.0. The summed E-state index contributed by atoms with van der Waals surface area (Å²) in [6.45, 7) is 11.2. The van der Waals surface area contributed by atoms with E-state index in [1.165, 1.54) is 18.4 Å². The molecule has 3 heteroatoms. The van der Waals surface area contributed by atoms with Gasteiger partial charge in [0.15, 0.2) is 6.29 Å². The van der Waals surface area contributed by atoms with Crippen molar-refractivity contribution in [2.45, 2.75) is 77.2 Å². The maximum absolute atomic E-state index is 5.85. The van der Waals surface area contributed by atoms with Gasteiger partial charge >= 0.3 is 0 Å². The van der Waals surface area contributed by atoms with Gasteiger partial charge in [-0.05, 0) is 48.7 Å². The smallest absolute Gasteiger partial charge is 0.157 e. The molecule has 0 saturated carbocycles. The maximum Gasteiger partial charge on any atom is 0.157 e. The standard InChI is InChI=1S/C20H34O2Si/c1-16(2)23(17(3)4)19-11-7-9-18(15-19)10-8-14-22-20-12-5-6-13-21-20/h7,9,11,15-17,20,23H,5-6,8,10,12-14H2,1-4H3. The second-order valence-electron chi connectivity index (χ2n) is 7.53. The van der Waals surface area contributed by atoms with Crippen LogP contribution >= 0.6 is 0 Å². The molecule has 0 N–H and O–H groups in total. The first-order chi connectivity index (χ1) is 11.1. The quantitative estimate of drug-likeness (QED) is 0.518. The zero-order chi connectivity index (χ0) is 16.7. The third-order valence-electron chi connectivity index (χ3n) is 4.82. The lowest BCUT2D eigenvalue weighted by Gasteiger charge is -2.24. The van der Waals surface area contributed by atoms with Crippen molar-refractivity contribution in [2.75, 3.05) is 13.2 Å². The topological polar surface area (TPSA) is 18.5 Å². The van der Waals surface area contributed by atoms with E-state index >= 15 is 0 Å². The van der Waals surface area contributed by atoms with Gasteiger partial charge < -0.3 is 9.47 Å². The predicted octanol–water partition coefficient (Wildman–Crippen LogP) is 4.42. The Morgan fingerprint density at radius 3 is 2.61 bits per heavy atom. The molecule has 0 spiro atoms. The van der Waals surface area contributed by atoms with Gasteiger partial charge in [-0.25, -0.2) is 0 Å². The van der Waals surface area contributed by atoms with Crippen molar-refractivity contribution in [3.05, 3.63) is 29.8 Å². The third-order valence-corrected chi connectivity index (χ3v) is 8.83. The molecular weight excluding hydrogens is 300 g/mol. The summed E-state index contributed by atoms with van der Waals surface area (Å²) < 4.78 is 11.5. The molecule has 2 nitrogen and oxygen atoms in total. The van der Waals surface area contributed by atoms with Crippen LogP contribution in [0.1, 0.15) is 58.9 Å². The van der Waals surface area contributed by atoms with Crippen molar-refractivity contribution in [3.8, 4) is 0 Å². The second-order valence-corrected chi connectivity index (χ2v) is 11.9. The molecule has 1 saturated heterocycles. The van der Waals surface area contributed by atoms with Crippen molar-refractivity contribution in [2.24, 2.45) is 0 Å². The average molecular weight is 335 g/mol. The number of aryl methyl sites for hydroxylation is 1. The van der Waals surface area contributed by atoms with E-state index in [0.29, 0.717) is 0 Å². The summed E-state index contributed by atoms with van der Waals surface area (Å²) in [6, 6.07) is 9.34. The van der Waals surface area contributed by atoms with Crippen LogP contribution in [0.5, 0.6) is 0 Å². The predicted molar refractivity (Wildman–Crippen MR) is 101 cm³/mol. The molecule has 1 aliphatic rings. The fraction of sp³-hybridized carbons (Fsp3) is 0.700. The first-order valence-electron chi connectivity index (χ1n) is 9.40. The Hall–Kier alpha value is -0.643. The van der Waals surface area contributed by atoms with Crippen LogP contribution in [0.4, 0.5) is 0 Å². The van der Waals surface area contributed by atoms with E-state index in [-0.39, 0.29) is 6.29 Å². The van der Waals surface area contributed by atoms with Crippen molar-refractivity contribution >= 4 is 14.0 Å². The molecule has 1 fully saturated rings. The van der Waals surface area contributed by atoms with E-state index in [1.54, 1.807) is 5.19 Å². The SMILES string of the molecule is CC(C)[SiH](c1cccc(CCCOC2CCCCO2)c1)C(C)C. The van der Waals surface area contributed by atoms with E-state index in [0.717, 1.165) is 43.6 Å². The number of benzene rings is 1. The van der Waals surface area contributed by atoms with E-state index in [4.69, 9.17) is 9.47 Å². The number of ether oxygens (including phenoxy) is 2. The monoisotopic (exact) mass is 334 g/mol. The molecule has 1 unspecified atom stereocenters. The minimum atomic E-state index is -0.882. The first kappa shape index (κ1) is 18.7. The molecule has 1 atom stereocenters. The summed E-state index contributed by atoms with van der Waals surface area (Å²) in [7, 11) is -0.882. The van der Waals surface area contributed by atoms with Crippen molar-refractivity contribution in [1.82, 2.24) is 0 Å². The Kier molecular flexibility index (Phi) is 7.81. The molecule has 0 bridgehead atoms. The molecule has 0 aromatic heterocycles. The molecule has 1 heterocycles. The summed E-state index contributed by atoms with van der Waals surface area (Å²) in [4.78, 5) is 0. The van der Waals surface area contributed by atoms with Crippen LogP contribution in [0.15, 0.2) is 24.3 Å². The summed E-state index contributed by atoms with van der Waals surface area (Å²) in [5.74, 6) is 0. The highest BCUT2D eigenvalue weighted by molar-refractivity contribution is 6.75. The summed E-state index contributed by atoms with van der Waals surface area (Å²) >= 11 is 0. The number of hydrogen-bond acceptors (Lipinski definition) is 2. The Labute approximate surface area is 144 Å². The first-order valence-corrected chi connectivity index (χ1v) is 11.3. The minimum absolute atomic E-state index is 0.0498. The highest BCUT2D eigenvalue weighted by atomic mass is 28.3. The largest absolute Gasteiger partial charge is 0.353 e. The zero-order valence-electron chi connectivity index (χ0n) is 15.4. The van der Waals surface area contributed by atoms with Gasteiger partial charge in [-0.15, -0.1) is 0 Å². The number of hydrogen-bond donors (Lipinski definition) is 0. The van der Waals surface area contributed by atoms with E-state index in [9.17, 15) is 0 Å².